The van der Waals surface area contributed by atoms with Crippen LogP contribution in [0.15, 0.2) is 71.4 Å². The van der Waals surface area contributed by atoms with Crippen LogP contribution < -0.4 is 5.32 Å². The van der Waals surface area contributed by atoms with Gasteiger partial charge in [-0.25, -0.2) is 0 Å². The van der Waals surface area contributed by atoms with Crippen molar-refractivity contribution in [1.29, 1.82) is 0 Å². The molecule has 2 N–H and O–H groups in total. The molecular weight excluding hydrogens is 382 g/mol. The molecule has 1 amide bonds. The number of para-hydroxylation sites is 1. The lowest BCUT2D eigenvalue weighted by atomic mass is 10.1. The fourth-order valence-electron chi connectivity index (χ4n) is 3.28. The highest BCUT2D eigenvalue weighted by Crippen LogP contribution is 2.23. The monoisotopic (exact) mass is 403 g/mol. The number of nitrogens with zero attached hydrogens (tertiary/aromatic N) is 1. The van der Waals surface area contributed by atoms with Crippen LogP contribution in [0.5, 0.6) is 0 Å². The van der Waals surface area contributed by atoms with E-state index in [9.17, 15) is 9.59 Å². The molecule has 0 saturated heterocycles. The molecule has 0 bridgehead atoms. The normalized spacial score (nSPS) is 11.9. The van der Waals surface area contributed by atoms with E-state index in [1.54, 1.807) is 37.3 Å². The first kappa shape index (κ1) is 19.4. The summed E-state index contributed by atoms with van der Waals surface area (Å²) in [7, 11) is 0. The molecule has 0 spiro atoms. The van der Waals surface area contributed by atoms with Crippen molar-refractivity contribution < 1.29 is 18.8 Å². The zero-order valence-corrected chi connectivity index (χ0v) is 16.4. The molecule has 2 aromatic carbocycles. The van der Waals surface area contributed by atoms with Gasteiger partial charge in [0, 0.05) is 35.2 Å². The lowest BCUT2D eigenvalue weighted by molar-refractivity contribution is -0.154. The Bertz CT molecular complexity index is 1160. The molecule has 2 aromatic heterocycles. The van der Waals surface area contributed by atoms with Gasteiger partial charge in [0.05, 0.1) is 0 Å². The van der Waals surface area contributed by atoms with E-state index in [0.717, 1.165) is 16.5 Å². The Labute approximate surface area is 173 Å². The van der Waals surface area contributed by atoms with Crippen molar-refractivity contribution in [3.8, 4) is 0 Å². The predicted molar refractivity (Wildman–Crippen MR) is 112 cm³/mol. The van der Waals surface area contributed by atoms with Crippen molar-refractivity contribution >= 4 is 28.6 Å². The van der Waals surface area contributed by atoms with Crippen LogP contribution in [-0.4, -0.2) is 22.0 Å². The largest absolute Gasteiger partial charge is 0.447 e. The number of hydrogen-bond acceptors (Lipinski definition) is 5. The summed E-state index contributed by atoms with van der Waals surface area (Å²) in [6.45, 7) is 1.72. The van der Waals surface area contributed by atoms with Crippen LogP contribution >= 0.6 is 0 Å². The van der Waals surface area contributed by atoms with E-state index in [4.69, 9.17) is 9.26 Å². The number of benzene rings is 2. The number of carbonyl (C=O) groups is 2. The summed E-state index contributed by atoms with van der Waals surface area (Å²) in [6.07, 6.45) is 1.47. The molecule has 7 nitrogen and oxygen atoms in total. The summed E-state index contributed by atoms with van der Waals surface area (Å²) >= 11 is 0. The minimum Gasteiger partial charge on any atom is -0.447 e. The lowest BCUT2D eigenvalue weighted by Gasteiger charge is -2.17. The Kier molecular flexibility index (Phi) is 5.61. The maximum Gasteiger partial charge on any atom is 0.307 e. The molecule has 0 aliphatic heterocycles. The minimum atomic E-state index is -1.08. The van der Waals surface area contributed by atoms with Crippen LogP contribution in [0.3, 0.4) is 0 Å². The topological polar surface area (TPSA) is 97.2 Å². The average molecular weight is 403 g/mol. The second kappa shape index (κ2) is 8.65. The van der Waals surface area contributed by atoms with Crippen LogP contribution in [0, 0.1) is 6.92 Å². The Morgan fingerprint density at radius 1 is 1.13 bits per heavy atom. The highest BCUT2D eigenvalue weighted by Gasteiger charge is 2.26. The molecule has 30 heavy (non-hydrogen) atoms. The molecule has 4 aromatic rings. The number of carbonyl (C=O) groups excluding carboxylic acids is 2. The minimum absolute atomic E-state index is 0.154. The smallest absolute Gasteiger partial charge is 0.307 e. The average Bonchev–Trinajstić information content (AvgIpc) is 3.36. The molecule has 0 aliphatic rings. The highest BCUT2D eigenvalue weighted by molar-refractivity contribution is 5.95. The van der Waals surface area contributed by atoms with Crippen molar-refractivity contribution in [2.24, 2.45) is 0 Å². The van der Waals surface area contributed by atoms with Gasteiger partial charge in [-0.3, -0.25) is 9.59 Å². The number of amides is 1. The van der Waals surface area contributed by atoms with Crippen molar-refractivity contribution in [3.05, 3.63) is 83.7 Å². The Morgan fingerprint density at radius 3 is 2.67 bits per heavy atom. The van der Waals surface area contributed by atoms with Crippen molar-refractivity contribution in [2.45, 2.75) is 25.9 Å². The van der Waals surface area contributed by atoms with Gasteiger partial charge in [-0.15, -0.1) is 0 Å². The second-order valence-corrected chi connectivity index (χ2v) is 6.95. The van der Waals surface area contributed by atoms with E-state index in [1.807, 2.05) is 36.5 Å². The Hall–Kier alpha value is -3.87. The molecular formula is C23H21N3O4. The molecule has 0 aliphatic carbocycles. The van der Waals surface area contributed by atoms with Gasteiger partial charge < -0.3 is 19.6 Å². The number of hydrogen-bond donors (Lipinski definition) is 2. The van der Waals surface area contributed by atoms with Gasteiger partial charge in [0.1, 0.15) is 5.76 Å². The van der Waals surface area contributed by atoms with Crippen molar-refractivity contribution in [3.63, 3.8) is 0 Å². The third-order valence-electron chi connectivity index (χ3n) is 4.74. The molecule has 0 saturated carbocycles. The molecule has 152 valence electrons. The molecule has 7 heteroatoms. The summed E-state index contributed by atoms with van der Waals surface area (Å²) in [6, 6.07) is 18.4. The summed E-state index contributed by atoms with van der Waals surface area (Å²) < 4.78 is 10.5. The lowest BCUT2D eigenvalue weighted by Crippen LogP contribution is -2.26. The highest BCUT2D eigenvalue weighted by atomic mass is 16.5. The summed E-state index contributed by atoms with van der Waals surface area (Å²) in [4.78, 5) is 28.6. The number of ether oxygens (including phenoxy) is 1. The van der Waals surface area contributed by atoms with E-state index >= 15 is 0 Å². The Morgan fingerprint density at radius 2 is 1.90 bits per heavy atom. The van der Waals surface area contributed by atoms with Crippen molar-refractivity contribution in [2.75, 3.05) is 5.32 Å². The van der Waals surface area contributed by atoms with E-state index < -0.39 is 18.0 Å². The van der Waals surface area contributed by atoms with Crippen LogP contribution in [0.4, 0.5) is 5.82 Å². The molecule has 0 fully saturated rings. The van der Waals surface area contributed by atoms with Gasteiger partial charge >= 0.3 is 5.97 Å². The molecule has 4 rings (SSSR count). The van der Waals surface area contributed by atoms with E-state index in [0.29, 0.717) is 17.7 Å². The second-order valence-electron chi connectivity index (χ2n) is 6.95. The first-order valence-corrected chi connectivity index (χ1v) is 9.64. The van der Waals surface area contributed by atoms with Gasteiger partial charge in [-0.1, -0.05) is 53.7 Å². The van der Waals surface area contributed by atoms with Gasteiger partial charge in [0.25, 0.3) is 5.91 Å². The Balaban J connectivity index is 1.45. The van der Waals surface area contributed by atoms with E-state index in [2.05, 4.69) is 15.5 Å². The standard InChI is InChI=1S/C23H21N3O4/c1-15-13-20(26-30-15)25-23(28)22(16-7-3-2-4-8-16)29-21(27)12-11-17-14-24-19-10-6-5-9-18(17)19/h2-10,13-14,22,24H,11-12H2,1H3,(H,25,26,28). The zero-order valence-electron chi connectivity index (χ0n) is 16.4. The molecule has 1 unspecified atom stereocenters. The number of esters is 1. The molecule has 1 atom stereocenters. The third kappa shape index (κ3) is 4.41. The van der Waals surface area contributed by atoms with E-state index in [1.165, 1.54) is 0 Å². The van der Waals surface area contributed by atoms with Crippen LogP contribution in [0.2, 0.25) is 0 Å². The number of aromatic nitrogens is 2. The van der Waals surface area contributed by atoms with Crippen LogP contribution in [0.1, 0.15) is 29.4 Å². The number of fused-ring (bicyclic) bond motifs is 1. The van der Waals surface area contributed by atoms with Crippen LogP contribution in [0.25, 0.3) is 10.9 Å². The van der Waals surface area contributed by atoms with Gasteiger partial charge in [0.15, 0.2) is 5.82 Å². The van der Waals surface area contributed by atoms with Gasteiger partial charge in [-0.05, 0) is 25.0 Å². The van der Waals surface area contributed by atoms with Gasteiger partial charge in [-0.2, -0.15) is 0 Å². The number of anilines is 1. The molecule has 0 radical (unpaired) electrons. The summed E-state index contributed by atoms with van der Waals surface area (Å²) in [5.41, 5.74) is 2.63. The van der Waals surface area contributed by atoms with Crippen molar-refractivity contribution in [1.82, 2.24) is 10.1 Å². The van der Waals surface area contributed by atoms with E-state index in [-0.39, 0.29) is 12.2 Å². The maximum absolute atomic E-state index is 12.8. The number of rotatable bonds is 7. The summed E-state index contributed by atoms with van der Waals surface area (Å²) in [5.74, 6) is -0.110. The quantitative estimate of drug-likeness (QED) is 0.448. The van der Waals surface area contributed by atoms with Gasteiger partial charge in [0.2, 0.25) is 6.10 Å². The maximum atomic E-state index is 12.8. The molecule has 2 heterocycles. The SMILES string of the molecule is Cc1cc(NC(=O)C(OC(=O)CCc2c[nH]c3ccccc23)c2ccccc2)no1. The number of aryl methyl sites for hydroxylation is 2. The van der Waals surface area contributed by atoms with Crippen LogP contribution in [-0.2, 0) is 20.7 Å². The number of H-pyrrole nitrogens is 1. The number of aromatic amines is 1. The summed E-state index contributed by atoms with van der Waals surface area (Å²) in [5, 5.41) is 7.47. The zero-order chi connectivity index (χ0) is 20.9. The fraction of sp³-hybridized carbons (Fsp3) is 0.174. The predicted octanol–water partition coefficient (Wildman–Crippen LogP) is 4.32. The first-order valence-electron chi connectivity index (χ1n) is 9.64. The third-order valence-corrected chi connectivity index (χ3v) is 4.74. The first-order chi connectivity index (χ1) is 14.6. The fourth-order valence-corrected chi connectivity index (χ4v) is 3.28. The number of nitrogens with one attached hydrogen (secondary N) is 2.